The van der Waals surface area contributed by atoms with Crippen LogP contribution in [0.4, 0.5) is 4.79 Å². The summed E-state index contributed by atoms with van der Waals surface area (Å²) in [5.41, 5.74) is -0.564. The zero-order valence-electron chi connectivity index (χ0n) is 6.92. The Morgan fingerprint density at radius 2 is 2.09 bits per heavy atom. The highest BCUT2D eigenvalue weighted by atomic mass is 16.6. The summed E-state index contributed by atoms with van der Waals surface area (Å²) in [4.78, 5) is 10.8. The topological polar surface area (TPSA) is 55.6 Å². The number of hydrogen-bond donors (Lipinski definition) is 1. The number of hydrogen-bond acceptors (Lipinski definition) is 3. The van der Waals surface area contributed by atoms with E-state index in [1.807, 2.05) is 6.04 Å². The summed E-state index contributed by atoms with van der Waals surface area (Å²) in [7, 11) is 0. The first-order valence-electron chi connectivity index (χ1n) is 3.11. The molecule has 2 N–H and O–H groups in total. The molecule has 0 atom stereocenters. The Morgan fingerprint density at radius 3 is 2.36 bits per heavy atom. The third kappa shape index (κ3) is 4.23. The summed E-state index contributed by atoms with van der Waals surface area (Å²) in [6.45, 7) is 5.19. The molecule has 0 radical (unpaired) electrons. The van der Waals surface area contributed by atoms with Gasteiger partial charge in [-0.2, -0.15) is 5.01 Å². The molecule has 0 heterocycles. The van der Waals surface area contributed by atoms with Gasteiger partial charge in [-0.1, -0.05) is 6.42 Å². The molecule has 0 aliphatic carbocycles. The molecule has 0 rings (SSSR count). The van der Waals surface area contributed by atoms with Gasteiger partial charge in [0.1, 0.15) is 5.60 Å². The fourth-order valence-electron chi connectivity index (χ4n) is 0.364. The molecule has 4 heteroatoms. The molecule has 0 saturated carbocycles. The molecule has 0 aromatic heterocycles. The molecule has 0 aliphatic rings. The highest BCUT2D eigenvalue weighted by Crippen LogP contribution is 2.07. The molecule has 0 unspecified atom stereocenters. The average molecular weight is 156 g/mol. The molecule has 62 valence electrons. The maximum Gasteiger partial charge on any atom is 0.436 e. The summed E-state index contributed by atoms with van der Waals surface area (Å²) in [5.74, 6) is 5.05. The summed E-state index contributed by atoms with van der Waals surface area (Å²) in [6, 6.07) is 1.92. The number of carbonyl (C=O) groups excluding carboxylic acids is 1. The van der Waals surface area contributed by atoms with E-state index in [2.05, 4.69) is 0 Å². The van der Waals surface area contributed by atoms with E-state index in [1.165, 1.54) is 0 Å². The number of nitrogens with zero attached hydrogens (tertiary/aromatic N) is 1. The van der Waals surface area contributed by atoms with Crippen molar-refractivity contribution < 1.29 is 9.53 Å². The smallest absolute Gasteiger partial charge is 0.436 e. The number of carbonyl (C=O) groups is 1. The van der Waals surface area contributed by atoms with Crippen molar-refractivity contribution in [2.75, 3.05) is 0 Å². The van der Waals surface area contributed by atoms with E-state index in [0.717, 1.165) is 0 Å². The summed E-state index contributed by atoms with van der Waals surface area (Å²) in [6.07, 6.45) is 4.12. The first kappa shape index (κ1) is 9.79. The third-order valence-electron chi connectivity index (χ3n) is 0.729. The number of ether oxygens (including phenoxy) is 1. The predicted molar refractivity (Wildman–Crippen MR) is 41.1 cm³/mol. The van der Waals surface area contributed by atoms with Gasteiger partial charge in [-0.25, -0.2) is 10.6 Å². The second-order valence-corrected chi connectivity index (χ2v) is 2.98. The van der Waals surface area contributed by atoms with Gasteiger partial charge in [-0.3, -0.25) is 0 Å². The van der Waals surface area contributed by atoms with Crippen molar-refractivity contribution in [2.24, 2.45) is 5.84 Å². The molecule has 0 aliphatic heterocycles. The van der Waals surface area contributed by atoms with Crippen molar-refractivity contribution in [3.8, 4) is 12.5 Å². The van der Waals surface area contributed by atoms with Crippen LogP contribution in [0.25, 0.3) is 0 Å². The predicted octanol–water partition coefficient (Wildman–Crippen LogP) is 0.688. The van der Waals surface area contributed by atoms with Crippen LogP contribution in [0.1, 0.15) is 20.8 Å². The van der Waals surface area contributed by atoms with Crippen LogP contribution in [-0.4, -0.2) is 16.7 Å². The molecular formula is C7H12N2O2. The van der Waals surface area contributed by atoms with E-state index >= 15 is 0 Å². The number of hydrazine groups is 1. The first-order valence-corrected chi connectivity index (χ1v) is 3.11. The van der Waals surface area contributed by atoms with Crippen LogP contribution in [0.15, 0.2) is 0 Å². The third-order valence-corrected chi connectivity index (χ3v) is 0.729. The standard InChI is InChI=1S/C7H12N2O2/c1-5-9(8)6(10)11-7(2,3)4/h1H,8H2,2-4H3. The van der Waals surface area contributed by atoms with Crippen LogP contribution < -0.4 is 5.84 Å². The second kappa shape index (κ2) is 3.26. The SMILES string of the molecule is C#CN(N)C(=O)OC(C)(C)C. The van der Waals surface area contributed by atoms with E-state index in [1.54, 1.807) is 20.8 Å². The average Bonchev–Trinajstić information content (AvgIpc) is 1.82. The van der Waals surface area contributed by atoms with Gasteiger partial charge in [0.15, 0.2) is 0 Å². The first-order chi connectivity index (χ1) is 4.87. The van der Waals surface area contributed by atoms with Crippen LogP contribution in [0.3, 0.4) is 0 Å². The Bertz CT molecular complexity index is 188. The van der Waals surface area contributed by atoms with Crippen LogP contribution in [0.2, 0.25) is 0 Å². The second-order valence-electron chi connectivity index (χ2n) is 2.98. The van der Waals surface area contributed by atoms with Crippen LogP contribution in [0, 0.1) is 12.5 Å². The fraction of sp³-hybridized carbons (Fsp3) is 0.571. The normalized spacial score (nSPS) is 10.1. The lowest BCUT2D eigenvalue weighted by Gasteiger charge is -2.20. The summed E-state index contributed by atoms with van der Waals surface area (Å²) < 4.78 is 4.81. The van der Waals surface area contributed by atoms with E-state index in [4.69, 9.17) is 17.0 Å². The minimum atomic E-state index is -0.722. The minimum Gasteiger partial charge on any atom is -0.442 e. The van der Waals surface area contributed by atoms with Crippen molar-refractivity contribution >= 4 is 6.09 Å². The van der Waals surface area contributed by atoms with Gasteiger partial charge < -0.3 is 4.74 Å². The summed E-state index contributed by atoms with van der Waals surface area (Å²) >= 11 is 0. The molecule has 1 amide bonds. The zero-order chi connectivity index (χ0) is 9.07. The van der Waals surface area contributed by atoms with Gasteiger partial charge in [0.25, 0.3) is 0 Å². The van der Waals surface area contributed by atoms with Gasteiger partial charge in [0.2, 0.25) is 0 Å². The van der Waals surface area contributed by atoms with Gasteiger partial charge in [-0.05, 0) is 20.8 Å². The molecule has 0 aromatic rings. The lowest BCUT2D eigenvalue weighted by molar-refractivity contribution is 0.0351. The maximum atomic E-state index is 10.8. The monoisotopic (exact) mass is 156 g/mol. The molecule has 11 heavy (non-hydrogen) atoms. The number of terminal acetylenes is 1. The van der Waals surface area contributed by atoms with Crippen molar-refractivity contribution in [1.29, 1.82) is 0 Å². The van der Waals surface area contributed by atoms with Gasteiger partial charge >= 0.3 is 6.09 Å². The molecular weight excluding hydrogens is 144 g/mol. The van der Waals surface area contributed by atoms with Gasteiger partial charge in [0.05, 0.1) is 0 Å². The lowest BCUT2D eigenvalue weighted by atomic mass is 10.2. The molecule has 0 saturated heterocycles. The van der Waals surface area contributed by atoms with Crippen molar-refractivity contribution in [1.82, 2.24) is 5.01 Å². The fourth-order valence-corrected chi connectivity index (χ4v) is 0.364. The van der Waals surface area contributed by atoms with Crippen molar-refractivity contribution in [3.05, 3.63) is 0 Å². The number of amides is 1. The van der Waals surface area contributed by atoms with E-state index < -0.39 is 11.7 Å². The van der Waals surface area contributed by atoms with Crippen LogP contribution in [0.5, 0.6) is 0 Å². The van der Waals surface area contributed by atoms with E-state index in [9.17, 15) is 4.79 Å². The Hall–Kier alpha value is -1.21. The number of rotatable bonds is 0. The van der Waals surface area contributed by atoms with Gasteiger partial charge in [-0.15, -0.1) is 0 Å². The highest BCUT2D eigenvalue weighted by molar-refractivity contribution is 5.69. The lowest BCUT2D eigenvalue weighted by Crippen LogP contribution is -2.37. The quantitative estimate of drug-likeness (QED) is 0.184. The largest absolute Gasteiger partial charge is 0.442 e. The van der Waals surface area contributed by atoms with E-state index in [0.29, 0.717) is 5.01 Å². The Kier molecular flexibility index (Phi) is 2.90. The number of nitrogens with two attached hydrogens (primary N) is 1. The zero-order valence-corrected chi connectivity index (χ0v) is 6.92. The molecule has 0 aromatic carbocycles. The Balaban J connectivity index is 4.01. The van der Waals surface area contributed by atoms with Crippen LogP contribution in [-0.2, 0) is 4.74 Å². The minimum absolute atomic E-state index is 0.561. The Labute approximate surface area is 66.3 Å². The van der Waals surface area contributed by atoms with Crippen molar-refractivity contribution in [2.45, 2.75) is 26.4 Å². The van der Waals surface area contributed by atoms with Gasteiger partial charge in [0, 0.05) is 6.04 Å². The molecule has 4 nitrogen and oxygen atoms in total. The maximum absolute atomic E-state index is 10.8. The van der Waals surface area contributed by atoms with E-state index in [-0.39, 0.29) is 0 Å². The van der Waals surface area contributed by atoms with Crippen LogP contribution >= 0.6 is 0 Å². The van der Waals surface area contributed by atoms with Crippen molar-refractivity contribution in [3.63, 3.8) is 0 Å². The highest BCUT2D eigenvalue weighted by Gasteiger charge is 2.18. The molecule has 0 spiro atoms. The summed E-state index contributed by atoms with van der Waals surface area (Å²) in [5, 5.41) is 0.561. The Morgan fingerprint density at radius 1 is 1.64 bits per heavy atom. The molecule has 0 bridgehead atoms. The molecule has 0 fully saturated rings.